The van der Waals surface area contributed by atoms with Crippen LogP contribution in [0.2, 0.25) is 0 Å². The molecule has 0 amide bonds. The first kappa shape index (κ1) is 10.3. The van der Waals surface area contributed by atoms with Crippen LogP contribution in [0.15, 0.2) is 12.3 Å². The molecule has 0 N–H and O–H groups in total. The molecular weight excluding hydrogens is 186 g/mol. The average Bonchev–Trinajstić information content (AvgIpc) is 2.17. The molecule has 0 atom stereocenters. The summed E-state index contributed by atoms with van der Waals surface area (Å²) in [5.41, 5.74) is 2.51. The van der Waals surface area contributed by atoms with E-state index in [1.165, 1.54) is 11.3 Å². The van der Waals surface area contributed by atoms with E-state index in [4.69, 9.17) is 0 Å². The van der Waals surface area contributed by atoms with Crippen molar-refractivity contribution < 1.29 is 0 Å². The lowest BCUT2D eigenvalue weighted by Gasteiger charge is -2.38. The lowest BCUT2D eigenvalue weighted by molar-refractivity contribution is 0.649. The summed E-state index contributed by atoms with van der Waals surface area (Å²) in [4.78, 5) is 9.17. The minimum absolute atomic E-state index is 0.543. The molecule has 0 radical (unpaired) electrons. The highest BCUT2D eigenvalue weighted by molar-refractivity contribution is 5.70. The number of pyridine rings is 1. The van der Waals surface area contributed by atoms with E-state index in [0.29, 0.717) is 6.04 Å². The van der Waals surface area contributed by atoms with Crippen LogP contribution in [-0.2, 0) is 0 Å². The van der Waals surface area contributed by atoms with E-state index in [-0.39, 0.29) is 0 Å². The molecule has 2 rings (SSSR count). The molecule has 15 heavy (non-hydrogen) atoms. The fourth-order valence-electron chi connectivity index (χ4n) is 2.07. The van der Waals surface area contributed by atoms with Crippen molar-refractivity contribution in [1.82, 2.24) is 4.98 Å². The Labute approximate surface area is 91.7 Å². The molecule has 0 bridgehead atoms. The zero-order valence-corrected chi connectivity index (χ0v) is 9.99. The van der Waals surface area contributed by atoms with E-state index in [9.17, 15) is 0 Å². The van der Waals surface area contributed by atoms with Gasteiger partial charge in [-0.25, -0.2) is 4.98 Å². The average molecular weight is 205 g/mol. The SMILES string of the molecule is Cc1cnc2c(c1)N(C(C)C)CCN2C. The van der Waals surface area contributed by atoms with Crippen molar-refractivity contribution in [2.24, 2.45) is 0 Å². The van der Waals surface area contributed by atoms with Gasteiger partial charge in [0.2, 0.25) is 0 Å². The first-order valence-corrected chi connectivity index (χ1v) is 5.54. The lowest BCUT2D eigenvalue weighted by atomic mass is 10.1. The molecule has 82 valence electrons. The molecule has 0 unspecified atom stereocenters. The van der Waals surface area contributed by atoms with Gasteiger partial charge in [0.25, 0.3) is 0 Å². The number of hydrogen-bond donors (Lipinski definition) is 0. The number of aryl methyl sites for hydroxylation is 1. The Bertz CT molecular complexity index is 360. The molecule has 0 saturated heterocycles. The summed E-state index contributed by atoms with van der Waals surface area (Å²) >= 11 is 0. The summed E-state index contributed by atoms with van der Waals surface area (Å²) in [5.74, 6) is 1.11. The molecule has 1 aliphatic rings. The molecule has 0 saturated carbocycles. The first-order valence-electron chi connectivity index (χ1n) is 5.54. The van der Waals surface area contributed by atoms with Crippen LogP contribution in [0.4, 0.5) is 11.5 Å². The smallest absolute Gasteiger partial charge is 0.152 e. The Morgan fingerprint density at radius 1 is 1.33 bits per heavy atom. The number of fused-ring (bicyclic) bond motifs is 1. The minimum atomic E-state index is 0.543. The van der Waals surface area contributed by atoms with Crippen molar-refractivity contribution in [3.8, 4) is 0 Å². The van der Waals surface area contributed by atoms with Gasteiger partial charge >= 0.3 is 0 Å². The number of anilines is 2. The molecular formula is C12H19N3. The number of likely N-dealkylation sites (N-methyl/N-ethyl adjacent to an activating group) is 1. The summed E-state index contributed by atoms with van der Waals surface area (Å²) < 4.78 is 0. The highest BCUT2D eigenvalue weighted by atomic mass is 15.3. The van der Waals surface area contributed by atoms with Crippen molar-refractivity contribution in [1.29, 1.82) is 0 Å². The number of aromatic nitrogens is 1. The van der Waals surface area contributed by atoms with Gasteiger partial charge in [-0.3, -0.25) is 0 Å². The third-order valence-electron chi connectivity index (χ3n) is 2.95. The zero-order chi connectivity index (χ0) is 11.0. The molecule has 1 aliphatic heterocycles. The number of hydrogen-bond acceptors (Lipinski definition) is 3. The van der Waals surface area contributed by atoms with Gasteiger partial charge in [-0.05, 0) is 32.4 Å². The molecule has 2 heterocycles. The maximum absolute atomic E-state index is 4.52. The standard InChI is InChI=1S/C12H19N3/c1-9(2)15-6-5-14(4)12-11(15)7-10(3)8-13-12/h7-9H,5-6H2,1-4H3. The van der Waals surface area contributed by atoms with Gasteiger partial charge in [-0.1, -0.05) is 0 Å². The molecule has 0 aromatic carbocycles. The molecule has 3 heteroatoms. The summed E-state index contributed by atoms with van der Waals surface area (Å²) in [6, 6.07) is 2.78. The number of nitrogens with zero attached hydrogens (tertiary/aromatic N) is 3. The molecule has 0 spiro atoms. The quantitative estimate of drug-likeness (QED) is 0.699. The largest absolute Gasteiger partial charge is 0.364 e. The van der Waals surface area contributed by atoms with Crippen molar-refractivity contribution in [2.45, 2.75) is 26.8 Å². The third-order valence-corrected chi connectivity index (χ3v) is 2.95. The van der Waals surface area contributed by atoms with Gasteiger partial charge in [0, 0.05) is 32.4 Å². The first-order chi connectivity index (χ1) is 7.09. The normalized spacial score (nSPS) is 15.8. The topological polar surface area (TPSA) is 19.4 Å². The molecule has 0 fully saturated rings. The zero-order valence-electron chi connectivity index (χ0n) is 9.99. The summed E-state index contributed by atoms with van der Waals surface area (Å²) in [5, 5.41) is 0. The second-order valence-corrected chi connectivity index (χ2v) is 4.56. The van der Waals surface area contributed by atoms with Crippen LogP contribution in [0.25, 0.3) is 0 Å². The monoisotopic (exact) mass is 205 g/mol. The molecule has 1 aromatic heterocycles. The summed E-state index contributed by atoms with van der Waals surface area (Å²) in [6.07, 6.45) is 1.94. The fourth-order valence-corrected chi connectivity index (χ4v) is 2.07. The molecule has 1 aromatic rings. The maximum Gasteiger partial charge on any atom is 0.152 e. The maximum atomic E-state index is 4.52. The van der Waals surface area contributed by atoms with Gasteiger partial charge in [0.05, 0.1) is 5.69 Å². The predicted octanol–water partition coefficient (Wildman–Crippen LogP) is 2.05. The Morgan fingerprint density at radius 2 is 2.07 bits per heavy atom. The van der Waals surface area contributed by atoms with Crippen molar-refractivity contribution >= 4 is 11.5 Å². The fraction of sp³-hybridized carbons (Fsp3) is 0.583. The van der Waals surface area contributed by atoms with E-state index in [1.807, 2.05) is 6.20 Å². The van der Waals surface area contributed by atoms with E-state index in [2.05, 4.69) is 48.7 Å². The Kier molecular flexibility index (Phi) is 2.55. The lowest BCUT2D eigenvalue weighted by Crippen LogP contribution is -2.43. The van der Waals surface area contributed by atoms with Crippen molar-refractivity contribution in [3.63, 3.8) is 0 Å². The van der Waals surface area contributed by atoms with Gasteiger partial charge in [0.1, 0.15) is 0 Å². The highest BCUT2D eigenvalue weighted by Crippen LogP contribution is 2.31. The molecule has 3 nitrogen and oxygen atoms in total. The van der Waals surface area contributed by atoms with Crippen LogP contribution in [0.3, 0.4) is 0 Å². The Hall–Kier alpha value is -1.25. The van der Waals surface area contributed by atoms with Crippen LogP contribution in [0.5, 0.6) is 0 Å². The third kappa shape index (κ3) is 1.78. The van der Waals surface area contributed by atoms with Gasteiger partial charge in [-0.15, -0.1) is 0 Å². The molecule has 0 aliphatic carbocycles. The Morgan fingerprint density at radius 3 is 2.73 bits per heavy atom. The van der Waals surface area contributed by atoms with Crippen molar-refractivity contribution in [2.75, 3.05) is 29.9 Å². The number of rotatable bonds is 1. The van der Waals surface area contributed by atoms with Gasteiger partial charge in [0.15, 0.2) is 5.82 Å². The predicted molar refractivity (Wildman–Crippen MR) is 64.7 cm³/mol. The van der Waals surface area contributed by atoms with Gasteiger partial charge in [-0.2, -0.15) is 0 Å². The van der Waals surface area contributed by atoms with E-state index in [1.54, 1.807) is 0 Å². The van der Waals surface area contributed by atoms with E-state index in [0.717, 1.165) is 18.9 Å². The highest BCUT2D eigenvalue weighted by Gasteiger charge is 2.23. The summed E-state index contributed by atoms with van der Waals surface area (Å²) in [7, 11) is 2.11. The van der Waals surface area contributed by atoms with Crippen LogP contribution in [0, 0.1) is 6.92 Å². The minimum Gasteiger partial charge on any atom is -0.364 e. The second-order valence-electron chi connectivity index (χ2n) is 4.56. The van der Waals surface area contributed by atoms with Crippen LogP contribution >= 0.6 is 0 Å². The van der Waals surface area contributed by atoms with E-state index < -0.39 is 0 Å². The van der Waals surface area contributed by atoms with E-state index >= 15 is 0 Å². The van der Waals surface area contributed by atoms with Crippen LogP contribution in [0.1, 0.15) is 19.4 Å². The van der Waals surface area contributed by atoms with Crippen LogP contribution in [-0.4, -0.2) is 31.2 Å². The van der Waals surface area contributed by atoms with Crippen molar-refractivity contribution in [3.05, 3.63) is 17.8 Å². The second kappa shape index (κ2) is 3.72. The van der Waals surface area contributed by atoms with Crippen LogP contribution < -0.4 is 9.80 Å². The summed E-state index contributed by atoms with van der Waals surface area (Å²) in [6.45, 7) is 8.71. The Balaban J connectivity index is 2.46. The van der Waals surface area contributed by atoms with Gasteiger partial charge < -0.3 is 9.80 Å².